The molecular weight excluding hydrogens is 288 g/mol. The summed E-state index contributed by atoms with van der Waals surface area (Å²) in [5.41, 5.74) is 0.662. The van der Waals surface area contributed by atoms with Crippen molar-refractivity contribution in [1.82, 2.24) is 10.6 Å². The van der Waals surface area contributed by atoms with Gasteiger partial charge >= 0.3 is 0 Å². The van der Waals surface area contributed by atoms with Crippen LogP contribution in [0.4, 0.5) is 0 Å². The van der Waals surface area contributed by atoms with Crippen LogP contribution in [0.25, 0.3) is 0 Å². The summed E-state index contributed by atoms with van der Waals surface area (Å²) in [6, 6.07) is 0. The molecule has 0 aromatic rings. The van der Waals surface area contributed by atoms with Gasteiger partial charge in [0.25, 0.3) is 0 Å². The lowest BCUT2D eigenvalue weighted by molar-refractivity contribution is -0.123. The number of carbonyl (C=O) groups is 2. The van der Waals surface area contributed by atoms with Crippen molar-refractivity contribution < 1.29 is 9.59 Å². The topological polar surface area (TPSA) is 58.2 Å². The molecule has 0 aliphatic rings. The summed E-state index contributed by atoms with van der Waals surface area (Å²) in [5.74, 6) is 0.0406. The first-order valence-corrected chi connectivity index (χ1v) is 9.03. The molecule has 2 N–H and O–H groups in total. The molecule has 0 saturated carbocycles. The van der Waals surface area contributed by atoms with Gasteiger partial charge in [-0.3, -0.25) is 9.59 Å². The monoisotopic (exact) mass is 326 g/mol. The van der Waals surface area contributed by atoms with E-state index in [0.717, 1.165) is 38.5 Å². The van der Waals surface area contributed by atoms with Gasteiger partial charge in [0.15, 0.2) is 0 Å². The van der Waals surface area contributed by atoms with Gasteiger partial charge in [0, 0.05) is 12.8 Å². The van der Waals surface area contributed by atoms with Gasteiger partial charge in [-0.15, -0.1) is 0 Å². The zero-order valence-corrected chi connectivity index (χ0v) is 16.2. The maximum absolute atomic E-state index is 11.7. The Kier molecular flexibility index (Phi) is 10.2. The van der Waals surface area contributed by atoms with Gasteiger partial charge < -0.3 is 10.6 Å². The van der Waals surface area contributed by atoms with Gasteiger partial charge in [0.1, 0.15) is 0 Å². The molecule has 23 heavy (non-hydrogen) atoms. The van der Waals surface area contributed by atoms with Crippen molar-refractivity contribution in [3.8, 4) is 0 Å². The predicted molar refractivity (Wildman–Crippen MR) is 97.0 cm³/mol. The summed E-state index contributed by atoms with van der Waals surface area (Å²) in [7, 11) is 0. The van der Waals surface area contributed by atoms with E-state index in [1.54, 1.807) is 0 Å². The standard InChI is InChI=1S/C19H38N2O2/c1-18(2,3)13-9-7-11-16(22)20-15-21-17(23)12-8-10-14-19(4,5)6/h7-15H2,1-6H3,(H,20,22)(H,21,23). The summed E-state index contributed by atoms with van der Waals surface area (Å²) >= 11 is 0. The van der Waals surface area contributed by atoms with Gasteiger partial charge in [-0.25, -0.2) is 0 Å². The maximum atomic E-state index is 11.7. The van der Waals surface area contributed by atoms with E-state index in [2.05, 4.69) is 52.2 Å². The van der Waals surface area contributed by atoms with E-state index in [-0.39, 0.29) is 18.5 Å². The van der Waals surface area contributed by atoms with Crippen molar-refractivity contribution in [1.29, 1.82) is 0 Å². The lowest BCUT2D eigenvalue weighted by Crippen LogP contribution is -2.37. The summed E-state index contributed by atoms with van der Waals surface area (Å²) < 4.78 is 0. The first kappa shape index (κ1) is 21.9. The number of carbonyl (C=O) groups excluding carboxylic acids is 2. The second-order valence-electron chi connectivity index (χ2n) is 8.91. The van der Waals surface area contributed by atoms with Crippen molar-refractivity contribution in [2.24, 2.45) is 10.8 Å². The van der Waals surface area contributed by atoms with Crippen LogP contribution in [0.2, 0.25) is 0 Å². The first-order valence-electron chi connectivity index (χ1n) is 9.03. The van der Waals surface area contributed by atoms with Gasteiger partial charge in [0.2, 0.25) is 11.8 Å². The molecule has 0 radical (unpaired) electrons. The molecule has 0 fully saturated rings. The van der Waals surface area contributed by atoms with Crippen LogP contribution in [0.3, 0.4) is 0 Å². The van der Waals surface area contributed by atoms with E-state index in [0.29, 0.717) is 23.7 Å². The average Bonchev–Trinajstić information content (AvgIpc) is 2.38. The molecule has 136 valence electrons. The number of unbranched alkanes of at least 4 members (excludes halogenated alkanes) is 2. The minimum Gasteiger partial charge on any atom is -0.339 e. The molecule has 0 unspecified atom stereocenters. The first-order chi connectivity index (χ1) is 10.5. The lowest BCUT2D eigenvalue weighted by atomic mass is 9.89. The summed E-state index contributed by atoms with van der Waals surface area (Å²) in [5, 5.41) is 5.51. The minimum absolute atomic E-state index is 0.0203. The van der Waals surface area contributed by atoms with Crippen LogP contribution >= 0.6 is 0 Å². The molecule has 0 spiro atoms. The molecular formula is C19H38N2O2. The third kappa shape index (κ3) is 17.1. The molecule has 0 heterocycles. The summed E-state index contributed by atoms with van der Waals surface area (Å²) in [6.07, 6.45) is 7.29. The third-order valence-electron chi connectivity index (χ3n) is 3.73. The smallest absolute Gasteiger partial charge is 0.221 e. The Balaban J connectivity index is 3.54. The largest absolute Gasteiger partial charge is 0.339 e. The minimum atomic E-state index is 0.0203. The Hall–Kier alpha value is -1.06. The van der Waals surface area contributed by atoms with Crippen LogP contribution in [-0.4, -0.2) is 18.5 Å². The fourth-order valence-electron chi connectivity index (χ4n) is 2.30. The number of nitrogens with one attached hydrogen (secondary N) is 2. The molecule has 0 bridgehead atoms. The zero-order valence-electron chi connectivity index (χ0n) is 16.2. The number of hydrogen-bond donors (Lipinski definition) is 2. The van der Waals surface area contributed by atoms with E-state index in [1.165, 1.54) is 0 Å². The van der Waals surface area contributed by atoms with Gasteiger partial charge in [0.05, 0.1) is 6.67 Å². The molecule has 0 aliphatic carbocycles. The zero-order chi connectivity index (χ0) is 17.9. The number of hydrogen-bond acceptors (Lipinski definition) is 2. The Morgan fingerprint density at radius 3 is 1.30 bits per heavy atom. The summed E-state index contributed by atoms with van der Waals surface area (Å²) in [6.45, 7) is 13.5. The van der Waals surface area contributed by atoms with Crippen LogP contribution in [0.15, 0.2) is 0 Å². The molecule has 0 aliphatic heterocycles. The Bertz CT molecular complexity index is 317. The molecule has 0 aromatic carbocycles. The third-order valence-corrected chi connectivity index (χ3v) is 3.73. The van der Waals surface area contributed by atoms with E-state index < -0.39 is 0 Å². The Morgan fingerprint density at radius 2 is 1.00 bits per heavy atom. The molecule has 0 atom stereocenters. The van der Waals surface area contributed by atoms with E-state index in [9.17, 15) is 9.59 Å². The second kappa shape index (κ2) is 10.7. The summed E-state index contributed by atoms with van der Waals surface area (Å²) in [4.78, 5) is 23.3. The van der Waals surface area contributed by atoms with Crippen molar-refractivity contribution in [3.63, 3.8) is 0 Å². The fraction of sp³-hybridized carbons (Fsp3) is 0.895. The van der Waals surface area contributed by atoms with Crippen molar-refractivity contribution in [2.75, 3.05) is 6.67 Å². The molecule has 4 nitrogen and oxygen atoms in total. The number of rotatable bonds is 10. The Labute approximate surface area is 143 Å². The molecule has 2 amide bonds. The molecule has 4 heteroatoms. The highest BCUT2D eigenvalue weighted by molar-refractivity contribution is 5.78. The van der Waals surface area contributed by atoms with E-state index in [4.69, 9.17) is 0 Å². The fourth-order valence-corrected chi connectivity index (χ4v) is 2.30. The van der Waals surface area contributed by atoms with Gasteiger partial charge in [-0.2, -0.15) is 0 Å². The quantitative estimate of drug-likeness (QED) is 0.462. The number of amides is 2. The van der Waals surface area contributed by atoms with E-state index >= 15 is 0 Å². The average molecular weight is 327 g/mol. The molecule has 0 saturated heterocycles. The highest BCUT2D eigenvalue weighted by Gasteiger charge is 2.11. The Morgan fingerprint density at radius 1 is 0.652 bits per heavy atom. The van der Waals surface area contributed by atoms with Crippen LogP contribution in [0, 0.1) is 10.8 Å². The molecule has 0 aromatic heterocycles. The second-order valence-corrected chi connectivity index (χ2v) is 8.91. The maximum Gasteiger partial charge on any atom is 0.221 e. The van der Waals surface area contributed by atoms with E-state index in [1.807, 2.05) is 0 Å². The van der Waals surface area contributed by atoms with Crippen molar-refractivity contribution >= 4 is 11.8 Å². The van der Waals surface area contributed by atoms with Gasteiger partial charge in [-0.05, 0) is 36.5 Å². The van der Waals surface area contributed by atoms with Crippen molar-refractivity contribution in [3.05, 3.63) is 0 Å². The van der Waals surface area contributed by atoms with Crippen LogP contribution in [0.1, 0.15) is 92.9 Å². The highest BCUT2D eigenvalue weighted by Crippen LogP contribution is 2.22. The molecule has 0 rings (SSSR count). The van der Waals surface area contributed by atoms with Crippen LogP contribution in [0.5, 0.6) is 0 Å². The normalized spacial score (nSPS) is 12.1. The van der Waals surface area contributed by atoms with Crippen molar-refractivity contribution in [2.45, 2.75) is 92.9 Å². The van der Waals surface area contributed by atoms with Gasteiger partial charge in [-0.1, -0.05) is 54.4 Å². The SMILES string of the molecule is CC(C)(C)CCCCC(=O)NCNC(=O)CCCCC(C)(C)C. The van der Waals surface area contributed by atoms with Crippen LogP contribution in [-0.2, 0) is 9.59 Å². The predicted octanol–water partition coefficient (Wildman–Crippen LogP) is 4.39. The highest BCUT2D eigenvalue weighted by atomic mass is 16.2. The van der Waals surface area contributed by atoms with Crippen LogP contribution < -0.4 is 10.6 Å². The lowest BCUT2D eigenvalue weighted by Gasteiger charge is -2.17.